The average Bonchev–Trinajstić information content (AvgIpc) is 2.82. The Morgan fingerprint density at radius 3 is 2.59 bits per heavy atom. The predicted octanol–water partition coefficient (Wildman–Crippen LogP) is 2.44. The summed E-state index contributed by atoms with van der Waals surface area (Å²) in [4.78, 5) is 12.8. The van der Waals surface area contributed by atoms with E-state index in [0.29, 0.717) is 5.82 Å². The number of hydrogen-bond donors (Lipinski definition) is 2. The van der Waals surface area contributed by atoms with E-state index in [-0.39, 0.29) is 5.95 Å². The van der Waals surface area contributed by atoms with Crippen LogP contribution in [0.4, 0.5) is 11.8 Å². The lowest BCUT2D eigenvalue weighted by molar-refractivity contribution is 1.00. The molecular weight excluding hydrogens is 276 g/mol. The summed E-state index contributed by atoms with van der Waals surface area (Å²) >= 11 is 0. The summed E-state index contributed by atoms with van der Waals surface area (Å²) in [5.41, 5.74) is 15.3. The van der Waals surface area contributed by atoms with Gasteiger partial charge in [0.2, 0.25) is 5.95 Å². The zero-order valence-corrected chi connectivity index (χ0v) is 12.0. The lowest BCUT2D eigenvalue weighted by Crippen LogP contribution is -2.02. The van der Waals surface area contributed by atoms with E-state index in [2.05, 4.69) is 19.5 Å². The minimum Gasteiger partial charge on any atom is -0.383 e. The first-order valence-corrected chi connectivity index (χ1v) is 6.91. The van der Waals surface area contributed by atoms with Crippen molar-refractivity contribution in [2.45, 2.75) is 6.92 Å². The number of anilines is 2. The molecule has 0 aliphatic carbocycles. The summed E-state index contributed by atoms with van der Waals surface area (Å²) in [6.07, 6.45) is 0. The Balaban J connectivity index is 2.02. The molecule has 0 saturated heterocycles. The van der Waals surface area contributed by atoms with E-state index < -0.39 is 0 Å². The van der Waals surface area contributed by atoms with Gasteiger partial charge in [0.15, 0.2) is 0 Å². The molecule has 0 bridgehead atoms. The summed E-state index contributed by atoms with van der Waals surface area (Å²) < 4.78 is 2.09. The largest absolute Gasteiger partial charge is 0.383 e. The highest BCUT2D eigenvalue weighted by Gasteiger charge is 2.10. The van der Waals surface area contributed by atoms with Crippen LogP contribution in [-0.2, 0) is 0 Å². The number of hydrogen-bond acceptors (Lipinski definition) is 5. The molecule has 4 N–H and O–H groups in total. The minimum absolute atomic E-state index is 0.175. The standard InChI is InChI=1S/C16H14N6/c1-9-19-12-4-2-3-5-14(12)22(9)10-6-7-11-13(8-10)20-16(18)21-15(11)17/h2-8H,1H3,(H4,17,18,20,21). The molecule has 108 valence electrons. The van der Waals surface area contributed by atoms with Gasteiger partial charge in [-0.05, 0) is 37.3 Å². The highest BCUT2D eigenvalue weighted by atomic mass is 15.1. The van der Waals surface area contributed by atoms with Crippen LogP contribution >= 0.6 is 0 Å². The Labute approximate surface area is 126 Å². The number of aromatic nitrogens is 4. The molecule has 0 amide bonds. The van der Waals surface area contributed by atoms with Crippen LogP contribution in [0.25, 0.3) is 27.6 Å². The summed E-state index contributed by atoms with van der Waals surface area (Å²) in [5.74, 6) is 1.48. The van der Waals surface area contributed by atoms with Crippen molar-refractivity contribution in [3.05, 3.63) is 48.3 Å². The van der Waals surface area contributed by atoms with Gasteiger partial charge in [-0.15, -0.1) is 0 Å². The van der Waals surface area contributed by atoms with Crippen LogP contribution in [0.2, 0.25) is 0 Å². The van der Waals surface area contributed by atoms with Gasteiger partial charge in [0.1, 0.15) is 11.6 Å². The number of fused-ring (bicyclic) bond motifs is 2. The molecule has 2 aromatic heterocycles. The molecule has 4 rings (SSSR count). The number of benzene rings is 2. The topological polar surface area (TPSA) is 95.6 Å². The molecule has 2 aromatic carbocycles. The summed E-state index contributed by atoms with van der Waals surface area (Å²) in [6.45, 7) is 1.98. The van der Waals surface area contributed by atoms with E-state index in [1.54, 1.807) is 0 Å². The summed E-state index contributed by atoms with van der Waals surface area (Å²) in [5, 5.41) is 0.792. The highest BCUT2D eigenvalue weighted by Crippen LogP contribution is 2.25. The fourth-order valence-corrected chi connectivity index (χ4v) is 2.77. The van der Waals surface area contributed by atoms with Crippen molar-refractivity contribution < 1.29 is 0 Å². The van der Waals surface area contributed by atoms with Crippen LogP contribution in [-0.4, -0.2) is 19.5 Å². The van der Waals surface area contributed by atoms with Gasteiger partial charge in [0.05, 0.1) is 16.6 Å². The first kappa shape index (κ1) is 12.6. The Kier molecular flexibility index (Phi) is 2.53. The van der Waals surface area contributed by atoms with E-state index in [1.807, 2.05) is 49.4 Å². The van der Waals surface area contributed by atoms with E-state index in [4.69, 9.17) is 11.5 Å². The van der Waals surface area contributed by atoms with Gasteiger partial charge in [-0.25, -0.2) is 9.97 Å². The molecule has 4 aromatic rings. The molecular formula is C16H14N6. The molecule has 6 heteroatoms. The van der Waals surface area contributed by atoms with Gasteiger partial charge < -0.3 is 11.5 Å². The molecule has 2 heterocycles. The van der Waals surface area contributed by atoms with Crippen molar-refractivity contribution in [2.75, 3.05) is 11.5 Å². The molecule has 6 nitrogen and oxygen atoms in total. The van der Waals surface area contributed by atoms with Gasteiger partial charge in [-0.1, -0.05) is 12.1 Å². The second-order valence-electron chi connectivity index (χ2n) is 5.15. The monoisotopic (exact) mass is 290 g/mol. The quantitative estimate of drug-likeness (QED) is 0.561. The fraction of sp³-hybridized carbons (Fsp3) is 0.0625. The number of aryl methyl sites for hydroxylation is 1. The van der Waals surface area contributed by atoms with Gasteiger partial charge in [0, 0.05) is 11.1 Å². The van der Waals surface area contributed by atoms with E-state index in [0.717, 1.165) is 33.4 Å². The van der Waals surface area contributed by atoms with Crippen LogP contribution in [0.5, 0.6) is 0 Å². The van der Waals surface area contributed by atoms with Crippen molar-refractivity contribution in [1.29, 1.82) is 0 Å². The Bertz CT molecular complexity index is 1020. The normalized spacial score (nSPS) is 11.3. The lowest BCUT2D eigenvalue weighted by Gasteiger charge is -2.09. The third-order valence-electron chi connectivity index (χ3n) is 3.71. The van der Waals surface area contributed by atoms with E-state index >= 15 is 0 Å². The van der Waals surface area contributed by atoms with Crippen LogP contribution < -0.4 is 11.5 Å². The van der Waals surface area contributed by atoms with Gasteiger partial charge in [0.25, 0.3) is 0 Å². The molecule has 0 fully saturated rings. The number of nitrogens with two attached hydrogens (primary N) is 2. The van der Waals surface area contributed by atoms with Gasteiger partial charge in [-0.2, -0.15) is 4.98 Å². The van der Waals surface area contributed by atoms with Crippen molar-refractivity contribution in [1.82, 2.24) is 19.5 Å². The summed E-state index contributed by atoms with van der Waals surface area (Å²) in [6, 6.07) is 13.9. The van der Waals surface area contributed by atoms with Crippen molar-refractivity contribution >= 4 is 33.7 Å². The molecule has 0 aliphatic rings. The minimum atomic E-state index is 0.175. The molecule has 0 aliphatic heterocycles. The van der Waals surface area contributed by atoms with Gasteiger partial charge >= 0.3 is 0 Å². The number of para-hydroxylation sites is 2. The zero-order chi connectivity index (χ0) is 15.3. The van der Waals surface area contributed by atoms with E-state index in [9.17, 15) is 0 Å². The number of nitrogens with zero attached hydrogens (tertiary/aromatic N) is 4. The second-order valence-corrected chi connectivity index (χ2v) is 5.15. The SMILES string of the molecule is Cc1nc2ccccc2n1-c1ccc2c(N)nc(N)nc2c1. The molecule has 0 unspecified atom stereocenters. The highest BCUT2D eigenvalue weighted by molar-refractivity contribution is 5.90. The number of rotatable bonds is 1. The fourth-order valence-electron chi connectivity index (χ4n) is 2.77. The maximum absolute atomic E-state index is 5.90. The zero-order valence-electron chi connectivity index (χ0n) is 12.0. The molecule has 0 atom stereocenters. The van der Waals surface area contributed by atoms with Crippen molar-refractivity contribution in [3.8, 4) is 5.69 Å². The molecule has 22 heavy (non-hydrogen) atoms. The smallest absolute Gasteiger partial charge is 0.222 e. The molecule has 0 spiro atoms. The predicted molar refractivity (Wildman–Crippen MR) is 87.7 cm³/mol. The van der Waals surface area contributed by atoms with Crippen molar-refractivity contribution in [3.63, 3.8) is 0 Å². The maximum atomic E-state index is 5.90. The average molecular weight is 290 g/mol. The van der Waals surface area contributed by atoms with Crippen LogP contribution in [0.1, 0.15) is 5.82 Å². The van der Waals surface area contributed by atoms with Crippen LogP contribution in [0.3, 0.4) is 0 Å². The third-order valence-corrected chi connectivity index (χ3v) is 3.71. The number of nitrogen functional groups attached to an aromatic ring is 2. The van der Waals surface area contributed by atoms with Gasteiger partial charge in [-0.3, -0.25) is 4.57 Å². The summed E-state index contributed by atoms with van der Waals surface area (Å²) in [7, 11) is 0. The Morgan fingerprint density at radius 1 is 0.909 bits per heavy atom. The maximum Gasteiger partial charge on any atom is 0.222 e. The van der Waals surface area contributed by atoms with Crippen LogP contribution in [0.15, 0.2) is 42.5 Å². The Morgan fingerprint density at radius 2 is 1.73 bits per heavy atom. The molecule has 0 saturated carbocycles. The number of imidazole rings is 1. The van der Waals surface area contributed by atoms with Crippen molar-refractivity contribution in [2.24, 2.45) is 0 Å². The third kappa shape index (κ3) is 1.77. The first-order valence-electron chi connectivity index (χ1n) is 6.91. The first-order chi connectivity index (χ1) is 10.6. The Hall–Kier alpha value is -3.15. The van der Waals surface area contributed by atoms with E-state index in [1.165, 1.54) is 0 Å². The van der Waals surface area contributed by atoms with Crippen LogP contribution in [0, 0.1) is 6.92 Å². The second kappa shape index (κ2) is 4.42. The lowest BCUT2D eigenvalue weighted by atomic mass is 10.2. The molecule has 0 radical (unpaired) electrons.